The predicted molar refractivity (Wildman–Crippen MR) is 128 cm³/mol. The zero-order valence-corrected chi connectivity index (χ0v) is 20.7. The molecule has 3 nitrogen and oxygen atoms in total. The molecular weight excluding hydrogens is 508 g/mol. The van der Waals surface area contributed by atoms with Crippen molar-refractivity contribution in [3.8, 4) is 0 Å². The Morgan fingerprint density at radius 2 is 1.50 bits per heavy atom. The van der Waals surface area contributed by atoms with E-state index < -0.39 is 17.5 Å². The molecule has 5 heteroatoms. The maximum atomic E-state index is 12.4. The highest BCUT2D eigenvalue weighted by molar-refractivity contribution is 9.10. The monoisotopic (exact) mass is 532 g/mol. The van der Waals surface area contributed by atoms with Crippen molar-refractivity contribution < 1.29 is 15.0 Å². The third-order valence-electron chi connectivity index (χ3n) is 5.65. The predicted octanol–water partition coefficient (Wildman–Crippen LogP) is 6.81. The molecule has 0 saturated carbocycles. The van der Waals surface area contributed by atoms with Crippen molar-refractivity contribution >= 4 is 43.4 Å². The molecular formula is C25H26Br2O3. The first-order valence-electron chi connectivity index (χ1n) is 10.0. The standard InChI is InChI=1S/C25H26Br2O3/c1-14(2)19-13-17(24(28)29)22(16-9-5-7-11-20(16)26)23(15(3)4)25(19,30)18-10-6-8-12-21(18)27/h5-15,17,30H,1-4H3,(H,28,29). The number of carboxylic acid groups (broad SMARTS) is 1. The third-order valence-corrected chi connectivity index (χ3v) is 7.03. The molecule has 0 heterocycles. The Morgan fingerprint density at radius 1 is 0.933 bits per heavy atom. The molecule has 30 heavy (non-hydrogen) atoms. The first-order valence-corrected chi connectivity index (χ1v) is 11.6. The minimum absolute atomic E-state index is 0.0431. The first-order chi connectivity index (χ1) is 14.1. The van der Waals surface area contributed by atoms with Crippen LogP contribution in [0.5, 0.6) is 0 Å². The fourth-order valence-electron chi connectivity index (χ4n) is 4.48. The fourth-order valence-corrected chi connectivity index (χ4v) is 5.55. The van der Waals surface area contributed by atoms with E-state index in [1.54, 1.807) is 6.08 Å². The van der Waals surface area contributed by atoms with Gasteiger partial charge in [0, 0.05) is 14.5 Å². The number of carboxylic acids is 1. The number of rotatable bonds is 5. The number of benzene rings is 2. The number of aliphatic hydroxyl groups is 1. The lowest BCUT2D eigenvalue weighted by atomic mass is 9.64. The molecule has 2 aromatic rings. The van der Waals surface area contributed by atoms with E-state index in [0.29, 0.717) is 11.1 Å². The number of hydrogen-bond donors (Lipinski definition) is 2. The van der Waals surface area contributed by atoms with Gasteiger partial charge >= 0.3 is 5.97 Å². The summed E-state index contributed by atoms with van der Waals surface area (Å²) in [6.07, 6.45) is 1.74. The van der Waals surface area contributed by atoms with E-state index in [4.69, 9.17) is 0 Å². The van der Waals surface area contributed by atoms with Crippen LogP contribution in [0.3, 0.4) is 0 Å². The summed E-state index contributed by atoms with van der Waals surface area (Å²) < 4.78 is 1.60. The highest BCUT2D eigenvalue weighted by Crippen LogP contribution is 2.54. The second-order valence-corrected chi connectivity index (χ2v) is 9.95. The van der Waals surface area contributed by atoms with Gasteiger partial charge < -0.3 is 10.2 Å². The Morgan fingerprint density at radius 3 is 2.00 bits per heavy atom. The molecule has 2 N–H and O–H groups in total. The number of hydrogen-bond acceptors (Lipinski definition) is 2. The second kappa shape index (κ2) is 8.81. The molecule has 0 aromatic heterocycles. The Hall–Kier alpha value is -1.69. The van der Waals surface area contributed by atoms with E-state index in [-0.39, 0.29) is 11.8 Å². The Balaban J connectivity index is 2.50. The van der Waals surface area contributed by atoms with Crippen molar-refractivity contribution in [3.63, 3.8) is 0 Å². The molecule has 1 aliphatic rings. The summed E-state index contributed by atoms with van der Waals surface area (Å²) in [7, 11) is 0. The van der Waals surface area contributed by atoms with Gasteiger partial charge in [0.1, 0.15) is 11.5 Å². The summed E-state index contributed by atoms with van der Waals surface area (Å²) in [5.41, 5.74) is 2.17. The van der Waals surface area contributed by atoms with Crippen molar-refractivity contribution in [2.24, 2.45) is 17.8 Å². The molecule has 0 saturated heterocycles. The molecule has 0 radical (unpaired) electrons. The normalized spacial score (nSPS) is 21.9. The van der Waals surface area contributed by atoms with Gasteiger partial charge in [-0.2, -0.15) is 0 Å². The maximum absolute atomic E-state index is 12.4. The van der Waals surface area contributed by atoms with E-state index in [2.05, 4.69) is 31.9 Å². The van der Waals surface area contributed by atoms with Crippen LogP contribution in [0.4, 0.5) is 0 Å². The number of aliphatic carboxylic acids is 1. The maximum Gasteiger partial charge on any atom is 0.314 e. The van der Waals surface area contributed by atoms with Gasteiger partial charge in [0.25, 0.3) is 0 Å². The Bertz CT molecular complexity index is 1040. The van der Waals surface area contributed by atoms with Gasteiger partial charge in [0.05, 0.1) is 0 Å². The topological polar surface area (TPSA) is 57.5 Å². The van der Waals surface area contributed by atoms with Gasteiger partial charge in [-0.3, -0.25) is 4.79 Å². The molecule has 0 bridgehead atoms. The molecule has 158 valence electrons. The SMILES string of the molecule is CC(C)C1=CC(C(=O)O)C(c2ccccc2Br)=C(C(C)C)C1(O)c1ccccc1Br. The van der Waals surface area contributed by atoms with E-state index in [1.807, 2.05) is 76.2 Å². The molecule has 0 spiro atoms. The van der Waals surface area contributed by atoms with Gasteiger partial charge in [0.15, 0.2) is 0 Å². The number of halogens is 2. The van der Waals surface area contributed by atoms with Crippen molar-refractivity contribution in [2.75, 3.05) is 0 Å². The average molecular weight is 534 g/mol. The molecule has 1 aliphatic carbocycles. The highest BCUT2D eigenvalue weighted by Gasteiger charge is 2.48. The minimum atomic E-state index is -1.42. The van der Waals surface area contributed by atoms with Crippen LogP contribution < -0.4 is 0 Å². The Labute approximate surface area is 194 Å². The van der Waals surface area contributed by atoms with E-state index >= 15 is 0 Å². The molecule has 0 aliphatic heterocycles. The first kappa shape index (κ1) is 23.0. The zero-order valence-electron chi connectivity index (χ0n) is 17.5. The summed E-state index contributed by atoms with van der Waals surface area (Å²) in [4.78, 5) is 12.4. The largest absolute Gasteiger partial charge is 0.481 e. The van der Waals surface area contributed by atoms with Crippen LogP contribution in [-0.2, 0) is 10.4 Å². The van der Waals surface area contributed by atoms with Crippen molar-refractivity contribution in [1.82, 2.24) is 0 Å². The lowest BCUT2D eigenvalue weighted by molar-refractivity contribution is -0.138. The zero-order chi connectivity index (χ0) is 22.2. The van der Waals surface area contributed by atoms with Gasteiger partial charge in [-0.25, -0.2) is 0 Å². The van der Waals surface area contributed by atoms with Crippen LogP contribution in [0.2, 0.25) is 0 Å². The van der Waals surface area contributed by atoms with E-state index in [1.165, 1.54) is 0 Å². The van der Waals surface area contributed by atoms with Crippen LogP contribution in [-0.4, -0.2) is 16.2 Å². The van der Waals surface area contributed by atoms with Gasteiger partial charge in [-0.1, -0.05) is 102 Å². The second-order valence-electron chi connectivity index (χ2n) is 8.24. The van der Waals surface area contributed by atoms with Crippen molar-refractivity contribution in [1.29, 1.82) is 0 Å². The summed E-state index contributed by atoms with van der Waals surface area (Å²) in [6, 6.07) is 15.2. The quantitative estimate of drug-likeness (QED) is 0.415. The van der Waals surface area contributed by atoms with Crippen LogP contribution in [0.1, 0.15) is 38.8 Å². The van der Waals surface area contributed by atoms with Crippen LogP contribution in [0.25, 0.3) is 5.57 Å². The molecule has 2 unspecified atom stereocenters. The summed E-state index contributed by atoms with van der Waals surface area (Å²) in [5, 5.41) is 22.6. The van der Waals surface area contributed by atoms with Crippen molar-refractivity contribution in [2.45, 2.75) is 33.3 Å². The highest BCUT2D eigenvalue weighted by atomic mass is 79.9. The molecule has 2 atom stereocenters. The smallest absolute Gasteiger partial charge is 0.314 e. The molecule has 2 aromatic carbocycles. The summed E-state index contributed by atoms with van der Waals surface area (Å²) in [5.74, 6) is -1.90. The van der Waals surface area contributed by atoms with Crippen molar-refractivity contribution in [3.05, 3.63) is 85.8 Å². The van der Waals surface area contributed by atoms with Gasteiger partial charge in [-0.05, 0) is 46.3 Å². The van der Waals surface area contributed by atoms with E-state index in [9.17, 15) is 15.0 Å². The minimum Gasteiger partial charge on any atom is -0.481 e. The van der Waals surface area contributed by atoms with Gasteiger partial charge in [-0.15, -0.1) is 0 Å². The van der Waals surface area contributed by atoms with Crippen LogP contribution in [0.15, 0.2) is 74.7 Å². The van der Waals surface area contributed by atoms with Gasteiger partial charge in [0.2, 0.25) is 0 Å². The lowest BCUT2D eigenvalue weighted by Crippen LogP contribution is -2.41. The lowest BCUT2D eigenvalue weighted by Gasteiger charge is -2.44. The van der Waals surface area contributed by atoms with Crippen LogP contribution in [0, 0.1) is 17.8 Å². The third kappa shape index (κ3) is 3.83. The molecule has 3 rings (SSSR count). The molecule has 0 fully saturated rings. The average Bonchev–Trinajstić information content (AvgIpc) is 2.67. The van der Waals surface area contributed by atoms with Crippen LogP contribution >= 0.6 is 31.9 Å². The Kier molecular flexibility index (Phi) is 6.75. The van der Waals surface area contributed by atoms with E-state index in [0.717, 1.165) is 25.6 Å². The fraction of sp³-hybridized carbons (Fsp3) is 0.320. The number of carbonyl (C=O) groups is 1. The summed E-state index contributed by atoms with van der Waals surface area (Å²) in [6.45, 7) is 8.01. The summed E-state index contributed by atoms with van der Waals surface area (Å²) >= 11 is 7.22. The molecule has 0 amide bonds.